The number of para-hydroxylation sites is 1. The lowest BCUT2D eigenvalue weighted by Crippen LogP contribution is -2.12. The Morgan fingerprint density at radius 2 is 1.88 bits per heavy atom. The third kappa shape index (κ3) is 3.00. The molecular formula is C20H15N3O3. The smallest absolute Gasteiger partial charge is 0.259 e. The fourth-order valence-corrected chi connectivity index (χ4v) is 2.63. The van der Waals surface area contributed by atoms with Crippen LogP contribution in [0.5, 0.6) is 5.75 Å². The van der Waals surface area contributed by atoms with E-state index >= 15 is 0 Å². The summed E-state index contributed by atoms with van der Waals surface area (Å²) < 4.78 is 10.9. The Hall–Kier alpha value is -3.67. The molecule has 0 bridgehead atoms. The summed E-state index contributed by atoms with van der Waals surface area (Å²) in [6, 6.07) is 16.1. The number of carbonyl (C=O) groups is 1. The summed E-state index contributed by atoms with van der Waals surface area (Å²) in [5, 5.41) is 2.86. The number of methoxy groups -OCH3 is 1. The number of amides is 1. The Morgan fingerprint density at radius 3 is 2.65 bits per heavy atom. The summed E-state index contributed by atoms with van der Waals surface area (Å²) in [5.41, 5.74) is 3.35. The Bertz CT molecular complexity index is 1040. The average Bonchev–Trinajstić information content (AvgIpc) is 3.12. The number of rotatable bonds is 4. The molecule has 0 aliphatic rings. The number of anilines is 1. The third-order valence-electron chi connectivity index (χ3n) is 3.93. The van der Waals surface area contributed by atoms with Gasteiger partial charge in [-0.1, -0.05) is 12.1 Å². The summed E-state index contributed by atoms with van der Waals surface area (Å²) in [4.78, 5) is 20.9. The van der Waals surface area contributed by atoms with Gasteiger partial charge in [0.15, 0.2) is 5.58 Å². The lowest BCUT2D eigenvalue weighted by atomic mass is 10.1. The van der Waals surface area contributed by atoms with E-state index in [1.165, 1.54) is 7.11 Å². The van der Waals surface area contributed by atoms with E-state index in [9.17, 15) is 4.79 Å². The highest BCUT2D eigenvalue weighted by molar-refractivity contribution is 6.06. The van der Waals surface area contributed by atoms with E-state index in [0.717, 1.165) is 5.56 Å². The normalized spacial score (nSPS) is 10.7. The Morgan fingerprint density at radius 1 is 1.08 bits per heavy atom. The second kappa shape index (κ2) is 6.68. The number of nitrogens with one attached hydrogen (secondary N) is 1. The van der Waals surface area contributed by atoms with Gasteiger partial charge in [0.2, 0.25) is 5.89 Å². The van der Waals surface area contributed by atoms with Gasteiger partial charge in [0.05, 0.1) is 18.9 Å². The van der Waals surface area contributed by atoms with Gasteiger partial charge in [-0.3, -0.25) is 9.78 Å². The first-order chi connectivity index (χ1) is 12.7. The fourth-order valence-electron chi connectivity index (χ4n) is 2.63. The van der Waals surface area contributed by atoms with Crippen LogP contribution >= 0.6 is 0 Å². The molecule has 0 spiro atoms. The number of pyridine rings is 1. The molecule has 4 aromatic rings. The second-order valence-electron chi connectivity index (χ2n) is 5.59. The molecule has 6 nitrogen and oxygen atoms in total. The van der Waals surface area contributed by atoms with Crippen molar-refractivity contribution in [3.05, 3.63) is 72.6 Å². The van der Waals surface area contributed by atoms with Gasteiger partial charge in [-0.25, -0.2) is 4.98 Å². The van der Waals surface area contributed by atoms with Crippen LogP contribution in [0.1, 0.15) is 10.4 Å². The van der Waals surface area contributed by atoms with Gasteiger partial charge in [0, 0.05) is 23.5 Å². The number of benzene rings is 2. The minimum Gasteiger partial charge on any atom is -0.496 e. The van der Waals surface area contributed by atoms with Crippen molar-refractivity contribution in [3.63, 3.8) is 0 Å². The average molecular weight is 345 g/mol. The Kier molecular flexibility index (Phi) is 4.07. The zero-order valence-corrected chi connectivity index (χ0v) is 14.0. The maximum absolute atomic E-state index is 12.4. The molecule has 26 heavy (non-hydrogen) atoms. The molecule has 0 atom stereocenters. The van der Waals surface area contributed by atoms with Crippen LogP contribution in [-0.4, -0.2) is 23.0 Å². The molecule has 1 N–H and O–H groups in total. The van der Waals surface area contributed by atoms with Crippen LogP contribution in [-0.2, 0) is 0 Å². The van der Waals surface area contributed by atoms with Crippen LogP contribution in [0.15, 0.2) is 71.4 Å². The molecule has 0 unspecified atom stereocenters. The van der Waals surface area contributed by atoms with Crippen LogP contribution in [0.4, 0.5) is 5.69 Å². The maximum Gasteiger partial charge on any atom is 0.259 e. The molecule has 1 amide bonds. The number of fused-ring (bicyclic) bond motifs is 1. The quantitative estimate of drug-likeness (QED) is 0.601. The van der Waals surface area contributed by atoms with Crippen molar-refractivity contribution in [2.45, 2.75) is 0 Å². The molecule has 128 valence electrons. The van der Waals surface area contributed by atoms with E-state index in [1.54, 1.807) is 48.8 Å². The van der Waals surface area contributed by atoms with Crippen LogP contribution in [0, 0.1) is 0 Å². The van der Waals surface area contributed by atoms with E-state index in [2.05, 4.69) is 15.3 Å². The monoisotopic (exact) mass is 345 g/mol. The number of hydrogen-bond acceptors (Lipinski definition) is 5. The van der Waals surface area contributed by atoms with Gasteiger partial charge in [0.1, 0.15) is 11.3 Å². The molecule has 0 fully saturated rings. The third-order valence-corrected chi connectivity index (χ3v) is 3.93. The molecule has 4 rings (SSSR count). The van der Waals surface area contributed by atoms with Gasteiger partial charge >= 0.3 is 0 Å². The number of aromatic nitrogens is 2. The number of ether oxygens (including phenoxy) is 1. The second-order valence-corrected chi connectivity index (χ2v) is 5.59. The summed E-state index contributed by atoms with van der Waals surface area (Å²) in [6.07, 6.45) is 3.32. The molecule has 0 saturated heterocycles. The van der Waals surface area contributed by atoms with Crippen molar-refractivity contribution in [2.24, 2.45) is 0 Å². The molecule has 0 aliphatic carbocycles. The number of carbonyl (C=O) groups excluding carboxylic acids is 1. The van der Waals surface area contributed by atoms with Crippen LogP contribution in [0.25, 0.3) is 22.6 Å². The first-order valence-electron chi connectivity index (χ1n) is 8.00. The summed E-state index contributed by atoms with van der Waals surface area (Å²) in [7, 11) is 1.54. The largest absolute Gasteiger partial charge is 0.496 e. The molecule has 0 aliphatic heterocycles. The predicted molar refractivity (Wildman–Crippen MR) is 98.2 cm³/mol. The molecular weight excluding hydrogens is 330 g/mol. The minimum absolute atomic E-state index is 0.233. The lowest BCUT2D eigenvalue weighted by Gasteiger charge is -2.09. The van der Waals surface area contributed by atoms with E-state index in [0.29, 0.717) is 34.0 Å². The van der Waals surface area contributed by atoms with Crippen LogP contribution in [0.2, 0.25) is 0 Å². The zero-order valence-electron chi connectivity index (χ0n) is 14.0. The summed E-state index contributed by atoms with van der Waals surface area (Å²) in [6.45, 7) is 0. The topological polar surface area (TPSA) is 77.2 Å². The number of hydrogen-bond donors (Lipinski definition) is 1. The standard InChI is InChI=1S/C20H15N3O3/c1-25-17-5-3-2-4-15(17)19(24)22-14-8-6-13(7-9-14)20-23-16-12-21-11-10-18(16)26-20/h2-12H,1H3,(H,22,24). The van der Waals surface area contributed by atoms with Crippen molar-refractivity contribution in [2.75, 3.05) is 12.4 Å². The highest BCUT2D eigenvalue weighted by Gasteiger charge is 2.12. The highest BCUT2D eigenvalue weighted by Crippen LogP contribution is 2.25. The fraction of sp³-hybridized carbons (Fsp3) is 0.0500. The first kappa shape index (κ1) is 15.8. The van der Waals surface area contributed by atoms with Gasteiger partial charge in [0.25, 0.3) is 5.91 Å². The molecule has 2 aromatic carbocycles. The molecule has 2 aromatic heterocycles. The molecule has 6 heteroatoms. The van der Waals surface area contributed by atoms with E-state index in [4.69, 9.17) is 9.15 Å². The molecule has 2 heterocycles. The maximum atomic E-state index is 12.4. The van der Waals surface area contributed by atoms with Gasteiger partial charge in [-0.15, -0.1) is 0 Å². The van der Waals surface area contributed by atoms with E-state index in [1.807, 2.05) is 18.2 Å². The highest BCUT2D eigenvalue weighted by atomic mass is 16.5. The zero-order chi connectivity index (χ0) is 17.9. The van der Waals surface area contributed by atoms with Gasteiger partial charge < -0.3 is 14.5 Å². The van der Waals surface area contributed by atoms with Crippen molar-refractivity contribution in [1.82, 2.24) is 9.97 Å². The predicted octanol–water partition coefficient (Wildman–Crippen LogP) is 4.15. The van der Waals surface area contributed by atoms with Gasteiger partial charge in [-0.05, 0) is 36.4 Å². The Balaban J connectivity index is 1.55. The minimum atomic E-state index is -0.233. The first-order valence-corrected chi connectivity index (χ1v) is 8.00. The van der Waals surface area contributed by atoms with E-state index in [-0.39, 0.29) is 5.91 Å². The molecule has 0 saturated carbocycles. The summed E-state index contributed by atoms with van der Waals surface area (Å²) in [5.74, 6) is 0.806. The SMILES string of the molecule is COc1ccccc1C(=O)Nc1ccc(-c2nc3cnccc3o2)cc1. The van der Waals surface area contributed by atoms with Crippen molar-refractivity contribution < 1.29 is 13.9 Å². The number of nitrogens with zero attached hydrogens (tertiary/aromatic N) is 2. The Labute approximate surface area is 149 Å². The number of oxazole rings is 1. The van der Waals surface area contributed by atoms with Crippen molar-refractivity contribution in [3.8, 4) is 17.2 Å². The van der Waals surface area contributed by atoms with Crippen molar-refractivity contribution >= 4 is 22.7 Å². The van der Waals surface area contributed by atoms with E-state index < -0.39 is 0 Å². The molecule has 0 radical (unpaired) electrons. The lowest BCUT2D eigenvalue weighted by molar-refractivity contribution is 0.102. The van der Waals surface area contributed by atoms with Crippen LogP contribution in [0.3, 0.4) is 0 Å². The van der Waals surface area contributed by atoms with Gasteiger partial charge in [-0.2, -0.15) is 0 Å². The summed E-state index contributed by atoms with van der Waals surface area (Å²) >= 11 is 0. The van der Waals surface area contributed by atoms with Crippen LogP contribution < -0.4 is 10.1 Å². The van der Waals surface area contributed by atoms with Crippen molar-refractivity contribution in [1.29, 1.82) is 0 Å².